The molecule has 1 fully saturated rings. The van der Waals surface area contributed by atoms with Gasteiger partial charge in [0.25, 0.3) is 0 Å². The van der Waals surface area contributed by atoms with E-state index in [1.165, 1.54) is 5.69 Å². The first-order chi connectivity index (χ1) is 10.5. The molecule has 1 aliphatic rings. The molecule has 22 heavy (non-hydrogen) atoms. The van der Waals surface area contributed by atoms with Gasteiger partial charge in [0.15, 0.2) is 0 Å². The zero-order valence-electron chi connectivity index (χ0n) is 14.0. The molecule has 122 valence electrons. The number of rotatable bonds is 5. The molecular formula is C18H29N3O. The zero-order valence-corrected chi connectivity index (χ0v) is 14.0. The highest BCUT2D eigenvalue weighted by molar-refractivity contribution is 5.82. The molecule has 1 saturated heterocycles. The van der Waals surface area contributed by atoms with E-state index in [1.807, 2.05) is 24.9 Å². The summed E-state index contributed by atoms with van der Waals surface area (Å²) >= 11 is 0. The molecule has 0 radical (unpaired) electrons. The lowest BCUT2D eigenvalue weighted by Crippen LogP contribution is -2.54. The number of carbonyl (C=O) groups excluding carboxylic acids is 1. The van der Waals surface area contributed by atoms with E-state index in [1.54, 1.807) is 0 Å². The van der Waals surface area contributed by atoms with Crippen molar-refractivity contribution in [1.82, 2.24) is 4.90 Å². The number of anilines is 1. The van der Waals surface area contributed by atoms with Crippen molar-refractivity contribution >= 4 is 11.6 Å². The van der Waals surface area contributed by atoms with Gasteiger partial charge in [-0.15, -0.1) is 0 Å². The fourth-order valence-corrected chi connectivity index (χ4v) is 3.06. The average molecular weight is 303 g/mol. The summed E-state index contributed by atoms with van der Waals surface area (Å²) in [4.78, 5) is 16.8. The molecule has 0 bridgehead atoms. The smallest absolute Gasteiger partial charge is 0.239 e. The molecular weight excluding hydrogens is 274 g/mol. The van der Waals surface area contributed by atoms with Gasteiger partial charge in [0.05, 0.1) is 6.04 Å². The van der Waals surface area contributed by atoms with Crippen molar-refractivity contribution in [3.05, 3.63) is 30.3 Å². The number of hydrogen-bond acceptors (Lipinski definition) is 3. The van der Waals surface area contributed by atoms with Gasteiger partial charge >= 0.3 is 0 Å². The fourth-order valence-electron chi connectivity index (χ4n) is 3.06. The van der Waals surface area contributed by atoms with E-state index >= 15 is 0 Å². The second kappa shape index (κ2) is 7.63. The Kier molecular flexibility index (Phi) is 5.83. The predicted molar refractivity (Wildman–Crippen MR) is 91.9 cm³/mol. The number of likely N-dealkylation sites (N-methyl/N-ethyl adjacent to an activating group) is 1. The van der Waals surface area contributed by atoms with Crippen molar-refractivity contribution in [3.63, 3.8) is 0 Å². The van der Waals surface area contributed by atoms with Crippen molar-refractivity contribution in [1.29, 1.82) is 0 Å². The minimum Gasteiger partial charge on any atom is -0.369 e. The van der Waals surface area contributed by atoms with Crippen LogP contribution in [0.3, 0.4) is 0 Å². The van der Waals surface area contributed by atoms with Crippen LogP contribution in [0.4, 0.5) is 5.69 Å². The Bertz CT molecular complexity index is 476. The molecule has 3 atom stereocenters. The Morgan fingerprint density at radius 2 is 2.09 bits per heavy atom. The van der Waals surface area contributed by atoms with E-state index in [0.717, 1.165) is 32.4 Å². The lowest BCUT2D eigenvalue weighted by Gasteiger charge is -2.40. The standard InChI is InChI=1S/C18H29N3O/c1-4-14(2)17(19)18(22)20(3)16-11-8-12-21(13-16)15-9-6-5-7-10-15/h5-7,9-10,14,16-17H,4,8,11-13,19H2,1-3H3. The van der Waals surface area contributed by atoms with Crippen LogP contribution in [0.15, 0.2) is 30.3 Å². The van der Waals surface area contributed by atoms with Crippen LogP contribution in [0.25, 0.3) is 0 Å². The average Bonchev–Trinajstić information content (AvgIpc) is 2.60. The third-order valence-electron chi connectivity index (χ3n) is 4.96. The van der Waals surface area contributed by atoms with Crippen molar-refractivity contribution < 1.29 is 4.79 Å². The number of nitrogens with zero attached hydrogens (tertiary/aromatic N) is 2. The number of carbonyl (C=O) groups is 1. The molecule has 1 aromatic carbocycles. The van der Waals surface area contributed by atoms with Crippen LogP contribution in [0.2, 0.25) is 0 Å². The first-order valence-electron chi connectivity index (χ1n) is 8.36. The fraction of sp³-hybridized carbons (Fsp3) is 0.611. The largest absolute Gasteiger partial charge is 0.369 e. The lowest BCUT2D eigenvalue weighted by atomic mass is 9.97. The van der Waals surface area contributed by atoms with Crippen LogP contribution in [-0.4, -0.2) is 43.0 Å². The Hall–Kier alpha value is -1.55. The van der Waals surface area contributed by atoms with E-state index < -0.39 is 0 Å². The van der Waals surface area contributed by atoms with Gasteiger partial charge in [0.1, 0.15) is 0 Å². The maximum absolute atomic E-state index is 12.6. The topological polar surface area (TPSA) is 49.6 Å². The number of hydrogen-bond donors (Lipinski definition) is 1. The summed E-state index contributed by atoms with van der Waals surface area (Å²) in [6, 6.07) is 10.3. The van der Waals surface area contributed by atoms with Gasteiger partial charge in [-0.05, 0) is 30.9 Å². The van der Waals surface area contributed by atoms with E-state index in [4.69, 9.17) is 5.73 Å². The Morgan fingerprint density at radius 3 is 2.73 bits per heavy atom. The minimum atomic E-state index is -0.387. The zero-order chi connectivity index (χ0) is 16.1. The van der Waals surface area contributed by atoms with E-state index in [-0.39, 0.29) is 23.9 Å². The Morgan fingerprint density at radius 1 is 1.41 bits per heavy atom. The normalized spacial score (nSPS) is 21.3. The van der Waals surface area contributed by atoms with Gasteiger partial charge in [-0.2, -0.15) is 0 Å². The maximum atomic E-state index is 12.6. The molecule has 0 spiro atoms. The molecule has 4 nitrogen and oxygen atoms in total. The molecule has 0 aromatic heterocycles. The predicted octanol–water partition coefficient (Wildman–Crippen LogP) is 2.49. The van der Waals surface area contributed by atoms with Crippen molar-refractivity contribution in [2.24, 2.45) is 11.7 Å². The number of benzene rings is 1. The first-order valence-corrected chi connectivity index (χ1v) is 8.36. The van der Waals surface area contributed by atoms with Crippen LogP contribution in [0.1, 0.15) is 33.1 Å². The summed E-state index contributed by atoms with van der Waals surface area (Å²) in [5, 5.41) is 0. The second-order valence-corrected chi connectivity index (χ2v) is 6.44. The monoisotopic (exact) mass is 303 g/mol. The summed E-state index contributed by atoms with van der Waals surface area (Å²) in [6.07, 6.45) is 3.09. The summed E-state index contributed by atoms with van der Waals surface area (Å²) < 4.78 is 0. The van der Waals surface area contributed by atoms with Gasteiger partial charge in [-0.25, -0.2) is 0 Å². The molecule has 3 unspecified atom stereocenters. The molecule has 1 aliphatic heterocycles. The molecule has 1 amide bonds. The molecule has 4 heteroatoms. The number of amides is 1. The van der Waals surface area contributed by atoms with Gasteiger partial charge in [0, 0.05) is 31.9 Å². The highest BCUT2D eigenvalue weighted by Gasteiger charge is 2.30. The van der Waals surface area contributed by atoms with Gasteiger partial charge < -0.3 is 15.5 Å². The van der Waals surface area contributed by atoms with Crippen LogP contribution >= 0.6 is 0 Å². The molecule has 0 aliphatic carbocycles. The SMILES string of the molecule is CCC(C)C(N)C(=O)N(C)C1CCCN(c2ccccc2)C1. The van der Waals surface area contributed by atoms with Gasteiger partial charge in [-0.3, -0.25) is 4.79 Å². The van der Waals surface area contributed by atoms with Crippen LogP contribution in [0, 0.1) is 5.92 Å². The Balaban J connectivity index is 2.01. The van der Waals surface area contributed by atoms with E-state index in [9.17, 15) is 4.79 Å². The third-order valence-corrected chi connectivity index (χ3v) is 4.96. The highest BCUT2D eigenvalue weighted by Crippen LogP contribution is 2.22. The summed E-state index contributed by atoms with van der Waals surface area (Å²) in [7, 11) is 1.91. The molecule has 1 heterocycles. The number of para-hydroxylation sites is 1. The summed E-state index contributed by atoms with van der Waals surface area (Å²) in [5.74, 6) is 0.304. The quantitative estimate of drug-likeness (QED) is 0.909. The lowest BCUT2D eigenvalue weighted by molar-refractivity contribution is -0.134. The summed E-state index contributed by atoms with van der Waals surface area (Å²) in [5.41, 5.74) is 7.36. The maximum Gasteiger partial charge on any atom is 0.239 e. The van der Waals surface area contributed by atoms with Gasteiger partial charge in [-0.1, -0.05) is 38.5 Å². The minimum absolute atomic E-state index is 0.0780. The van der Waals surface area contributed by atoms with Crippen molar-refractivity contribution in [2.45, 2.75) is 45.2 Å². The number of nitrogens with two attached hydrogens (primary N) is 1. The summed E-state index contributed by atoms with van der Waals surface area (Å²) in [6.45, 7) is 6.07. The molecule has 0 saturated carbocycles. The van der Waals surface area contributed by atoms with E-state index in [0.29, 0.717) is 0 Å². The highest BCUT2D eigenvalue weighted by atomic mass is 16.2. The third kappa shape index (κ3) is 3.80. The van der Waals surface area contributed by atoms with Crippen molar-refractivity contribution in [2.75, 3.05) is 25.0 Å². The van der Waals surface area contributed by atoms with Crippen LogP contribution in [-0.2, 0) is 4.79 Å². The number of piperidine rings is 1. The molecule has 2 rings (SSSR count). The van der Waals surface area contributed by atoms with Crippen LogP contribution < -0.4 is 10.6 Å². The van der Waals surface area contributed by atoms with Crippen molar-refractivity contribution in [3.8, 4) is 0 Å². The first kappa shape index (κ1) is 16.8. The molecule has 2 N–H and O–H groups in total. The molecule has 1 aromatic rings. The van der Waals surface area contributed by atoms with Gasteiger partial charge in [0.2, 0.25) is 5.91 Å². The van der Waals surface area contributed by atoms with Crippen LogP contribution in [0.5, 0.6) is 0 Å². The second-order valence-electron chi connectivity index (χ2n) is 6.44. The Labute approximate surface area is 134 Å². The van der Waals surface area contributed by atoms with E-state index in [2.05, 4.69) is 36.1 Å².